The van der Waals surface area contributed by atoms with Crippen molar-refractivity contribution in [1.29, 1.82) is 0 Å². The van der Waals surface area contributed by atoms with Crippen LogP contribution >= 0.6 is 23.2 Å². The molecule has 0 saturated heterocycles. The van der Waals surface area contributed by atoms with Gasteiger partial charge in [0.25, 0.3) is 5.89 Å². The van der Waals surface area contributed by atoms with E-state index >= 15 is 0 Å². The molecule has 3 rings (SSSR count). The van der Waals surface area contributed by atoms with Crippen LogP contribution in [0.25, 0.3) is 23.1 Å². The number of nitrogens with two attached hydrogens (primary N) is 1. The summed E-state index contributed by atoms with van der Waals surface area (Å²) in [6.07, 6.45) is 3.35. The van der Waals surface area contributed by atoms with Crippen LogP contribution in [-0.4, -0.2) is 20.1 Å². The Balaban J connectivity index is 2.00. The van der Waals surface area contributed by atoms with E-state index in [4.69, 9.17) is 33.5 Å². The van der Waals surface area contributed by atoms with Gasteiger partial charge in [0.15, 0.2) is 0 Å². The molecule has 3 aromatic rings. The highest BCUT2D eigenvalue weighted by atomic mass is 35.5. The fourth-order valence-corrected chi connectivity index (χ4v) is 2.13. The number of hydrogen-bond acceptors (Lipinski definition) is 6. The van der Waals surface area contributed by atoms with Gasteiger partial charge in [0.2, 0.25) is 11.6 Å². The van der Waals surface area contributed by atoms with Crippen molar-refractivity contribution >= 4 is 28.9 Å². The van der Waals surface area contributed by atoms with Crippen LogP contribution in [0.5, 0.6) is 0 Å². The molecule has 0 aliphatic rings. The minimum absolute atomic E-state index is 0.262. The van der Waals surface area contributed by atoms with E-state index in [-0.39, 0.29) is 11.7 Å². The number of aromatic nitrogens is 4. The van der Waals surface area contributed by atoms with E-state index < -0.39 is 0 Å². The number of hydrogen-bond donors (Lipinski definition) is 1. The van der Waals surface area contributed by atoms with E-state index in [1.165, 1.54) is 0 Å². The first-order valence-corrected chi connectivity index (χ1v) is 6.68. The molecular formula is C13H9Cl2N5O. The molecule has 0 aliphatic heterocycles. The zero-order valence-electron chi connectivity index (χ0n) is 10.8. The second kappa shape index (κ2) is 5.31. The first-order chi connectivity index (χ1) is 10.0. The Bertz CT molecular complexity index is 778. The van der Waals surface area contributed by atoms with Gasteiger partial charge in [-0.3, -0.25) is 0 Å². The average molecular weight is 322 g/mol. The fraction of sp³-hybridized carbons (Fsp3) is 0.0769. The first kappa shape index (κ1) is 13.8. The number of rotatable bonds is 2. The van der Waals surface area contributed by atoms with Crippen molar-refractivity contribution in [2.45, 2.75) is 6.92 Å². The standard InChI is InChI=1S/C13H9Cl2N5O/c1-6-4-17-11(18-5-6)12-19-13(21-20-12)7-2-8(14)10(16)9(15)3-7/h2-5H,16H2,1H3. The number of aryl methyl sites for hydroxylation is 1. The van der Waals surface area contributed by atoms with E-state index in [1.54, 1.807) is 24.5 Å². The van der Waals surface area contributed by atoms with Crippen LogP contribution in [0.1, 0.15) is 5.56 Å². The maximum atomic E-state index is 5.99. The van der Waals surface area contributed by atoms with Crippen LogP contribution < -0.4 is 5.73 Å². The number of benzene rings is 1. The van der Waals surface area contributed by atoms with Gasteiger partial charge in [-0.1, -0.05) is 28.4 Å². The molecule has 0 spiro atoms. The predicted octanol–water partition coefficient (Wildman–Crippen LogP) is 3.39. The van der Waals surface area contributed by atoms with Crippen molar-refractivity contribution in [3.63, 3.8) is 0 Å². The third kappa shape index (κ3) is 2.68. The van der Waals surface area contributed by atoms with E-state index in [1.807, 2.05) is 6.92 Å². The molecule has 6 nitrogen and oxygen atoms in total. The van der Waals surface area contributed by atoms with Gasteiger partial charge < -0.3 is 10.3 Å². The third-order valence-electron chi connectivity index (χ3n) is 2.73. The van der Waals surface area contributed by atoms with E-state index in [0.717, 1.165) is 5.56 Å². The Morgan fingerprint density at radius 3 is 2.29 bits per heavy atom. The highest BCUT2D eigenvalue weighted by molar-refractivity contribution is 6.39. The molecule has 0 amide bonds. The molecule has 2 aromatic heterocycles. The van der Waals surface area contributed by atoms with Crippen molar-refractivity contribution in [2.75, 3.05) is 5.73 Å². The van der Waals surface area contributed by atoms with Crippen molar-refractivity contribution in [3.05, 3.63) is 40.1 Å². The zero-order chi connectivity index (χ0) is 15.0. The molecule has 21 heavy (non-hydrogen) atoms. The zero-order valence-corrected chi connectivity index (χ0v) is 12.4. The average Bonchev–Trinajstić information content (AvgIpc) is 2.95. The molecule has 0 bridgehead atoms. The largest absolute Gasteiger partial charge is 0.396 e. The summed E-state index contributed by atoms with van der Waals surface area (Å²) in [5, 5.41) is 4.49. The van der Waals surface area contributed by atoms with E-state index in [0.29, 0.717) is 27.1 Å². The van der Waals surface area contributed by atoms with Crippen LogP contribution in [0, 0.1) is 6.92 Å². The highest BCUT2D eigenvalue weighted by Crippen LogP contribution is 2.33. The lowest BCUT2D eigenvalue weighted by atomic mass is 10.2. The maximum absolute atomic E-state index is 5.99. The first-order valence-electron chi connectivity index (χ1n) is 5.92. The van der Waals surface area contributed by atoms with Crippen molar-refractivity contribution in [1.82, 2.24) is 20.1 Å². The van der Waals surface area contributed by atoms with Gasteiger partial charge in [0.05, 0.1) is 15.7 Å². The summed E-state index contributed by atoms with van der Waals surface area (Å²) in [6, 6.07) is 3.21. The van der Waals surface area contributed by atoms with Crippen LogP contribution in [0.15, 0.2) is 29.0 Å². The lowest BCUT2D eigenvalue weighted by Gasteiger charge is -2.02. The highest BCUT2D eigenvalue weighted by Gasteiger charge is 2.15. The van der Waals surface area contributed by atoms with Gasteiger partial charge in [0.1, 0.15) is 0 Å². The quantitative estimate of drug-likeness (QED) is 0.727. The molecular weight excluding hydrogens is 313 g/mol. The summed E-state index contributed by atoms with van der Waals surface area (Å²) in [6.45, 7) is 1.89. The molecule has 0 saturated carbocycles. The summed E-state index contributed by atoms with van der Waals surface area (Å²) in [7, 11) is 0. The molecule has 0 aliphatic carbocycles. The van der Waals surface area contributed by atoms with Crippen LogP contribution in [0.2, 0.25) is 10.0 Å². The van der Waals surface area contributed by atoms with Gasteiger partial charge in [-0.2, -0.15) is 4.98 Å². The summed E-state index contributed by atoms with van der Waals surface area (Å²) in [5.41, 5.74) is 7.52. The normalized spacial score (nSPS) is 10.8. The van der Waals surface area contributed by atoms with Gasteiger partial charge in [-0.15, -0.1) is 0 Å². The Labute approximate surface area is 129 Å². The molecule has 0 fully saturated rings. The van der Waals surface area contributed by atoms with Crippen LogP contribution in [0.4, 0.5) is 5.69 Å². The minimum atomic E-state index is 0.262. The van der Waals surface area contributed by atoms with Crippen LogP contribution in [-0.2, 0) is 0 Å². The molecule has 0 unspecified atom stereocenters. The van der Waals surface area contributed by atoms with Gasteiger partial charge in [0, 0.05) is 18.0 Å². The van der Waals surface area contributed by atoms with Crippen LogP contribution in [0.3, 0.4) is 0 Å². The predicted molar refractivity (Wildman–Crippen MR) is 79.9 cm³/mol. The molecule has 8 heteroatoms. The summed E-state index contributed by atoms with van der Waals surface area (Å²) < 4.78 is 5.19. The Morgan fingerprint density at radius 1 is 1.05 bits per heavy atom. The number of halogens is 2. The van der Waals surface area contributed by atoms with Gasteiger partial charge in [-0.25, -0.2) is 9.97 Å². The SMILES string of the molecule is Cc1cnc(-c2noc(-c3cc(Cl)c(N)c(Cl)c3)n2)nc1. The fourth-order valence-electron chi connectivity index (χ4n) is 1.65. The molecule has 2 N–H and O–H groups in total. The number of anilines is 1. The number of nitrogen functional groups attached to an aromatic ring is 1. The maximum Gasteiger partial charge on any atom is 0.258 e. The third-order valence-corrected chi connectivity index (χ3v) is 3.36. The monoisotopic (exact) mass is 321 g/mol. The Hall–Kier alpha value is -2.18. The smallest absolute Gasteiger partial charge is 0.258 e. The summed E-state index contributed by atoms with van der Waals surface area (Å²) in [4.78, 5) is 12.5. The molecule has 106 valence electrons. The Kier molecular flexibility index (Phi) is 3.48. The Morgan fingerprint density at radius 2 is 1.67 bits per heavy atom. The molecule has 1 aromatic carbocycles. The van der Waals surface area contributed by atoms with Crippen molar-refractivity contribution in [2.24, 2.45) is 0 Å². The topological polar surface area (TPSA) is 90.7 Å². The molecule has 2 heterocycles. The minimum Gasteiger partial charge on any atom is -0.396 e. The second-order valence-corrected chi connectivity index (χ2v) is 5.18. The lowest BCUT2D eigenvalue weighted by Crippen LogP contribution is -1.91. The number of nitrogens with zero attached hydrogens (tertiary/aromatic N) is 4. The van der Waals surface area contributed by atoms with E-state index in [2.05, 4.69) is 20.1 Å². The summed E-state index contributed by atoms with van der Waals surface area (Å²) >= 11 is 12.0. The van der Waals surface area contributed by atoms with Gasteiger partial charge in [-0.05, 0) is 24.6 Å². The molecule has 0 atom stereocenters. The lowest BCUT2D eigenvalue weighted by molar-refractivity contribution is 0.432. The van der Waals surface area contributed by atoms with E-state index in [9.17, 15) is 0 Å². The summed E-state index contributed by atoms with van der Waals surface area (Å²) in [5.74, 6) is 0.926. The second-order valence-electron chi connectivity index (χ2n) is 4.36. The van der Waals surface area contributed by atoms with Crippen molar-refractivity contribution < 1.29 is 4.52 Å². The van der Waals surface area contributed by atoms with Gasteiger partial charge >= 0.3 is 0 Å². The molecule has 0 radical (unpaired) electrons. The van der Waals surface area contributed by atoms with Crippen molar-refractivity contribution in [3.8, 4) is 23.1 Å².